The maximum atomic E-state index is 12.5. The largest absolute Gasteiger partial charge is 0.299 e. The summed E-state index contributed by atoms with van der Waals surface area (Å²) in [6.07, 6.45) is 12.0. The van der Waals surface area contributed by atoms with Crippen LogP contribution in [0.3, 0.4) is 0 Å². The molecule has 7 atom stereocenters. The molecule has 122 valence electrons. The number of rotatable bonds is 0. The zero-order valence-corrected chi connectivity index (χ0v) is 15.0. The number of carbonyl (C=O) groups is 1. The van der Waals surface area contributed by atoms with Crippen LogP contribution in [0.4, 0.5) is 0 Å². The van der Waals surface area contributed by atoms with Crippen molar-refractivity contribution in [2.24, 2.45) is 34.5 Å². The van der Waals surface area contributed by atoms with Gasteiger partial charge in [-0.25, -0.2) is 0 Å². The van der Waals surface area contributed by atoms with E-state index in [0.717, 1.165) is 34.8 Å². The Morgan fingerprint density at radius 2 is 1.82 bits per heavy atom. The lowest BCUT2D eigenvalue weighted by atomic mass is 9.45. The third kappa shape index (κ3) is 1.71. The first-order chi connectivity index (χ1) is 10.5. The molecule has 0 aromatic heterocycles. The van der Waals surface area contributed by atoms with E-state index in [0.29, 0.717) is 11.2 Å². The van der Waals surface area contributed by atoms with Gasteiger partial charge < -0.3 is 0 Å². The van der Waals surface area contributed by atoms with Gasteiger partial charge in [0.25, 0.3) is 0 Å². The highest BCUT2D eigenvalue weighted by atomic mass is 32.2. The normalized spacial score (nSPS) is 59.8. The number of hydrogen-bond donors (Lipinski definition) is 0. The number of fused-ring (bicyclic) bond motifs is 5. The van der Waals surface area contributed by atoms with Crippen LogP contribution in [-0.2, 0) is 4.79 Å². The Morgan fingerprint density at radius 1 is 1.00 bits per heavy atom. The summed E-state index contributed by atoms with van der Waals surface area (Å²) in [5.74, 6) is 5.55. The highest BCUT2D eigenvalue weighted by Crippen LogP contribution is 2.69. The summed E-state index contributed by atoms with van der Waals surface area (Å²) in [5, 5.41) is 0. The molecule has 22 heavy (non-hydrogen) atoms. The van der Waals surface area contributed by atoms with Gasteiger partial charge in [-0.05, 0) is 80.5 Å². The van der Waals surface area contributed by atoms with Crippen molar-refractivity contribution in [3.05, 3.63) is 0 Å². The van der Waals surface area contributed by atoms with Crippen molar-refractivity contribution in [1.29, 1.82) is 0 Å². The molecular formula is C20H30OS. The first-order valence-corrected chi connectivity index (χ1v) is 10.6. The Kier molecular flexibility index (Phi) is 2.84. The summed E-state index contributed by atoms with van der Waals surface area (Å²) >= 11 is 2.25. The van der Waals surface area contributed by atoms with Crippen LogP contribution in [0.15, 0.2) is 0 Å². The van der Waals surface area contributed by atoms with E-state index in [-0.39, 0.29) is 5.41 Å². The molecular weight excluding hydrogens is 288 g/mol. The van der Waals surface area contributed by atoms with Gasteiger partial charge in [-0.3, -0.25) is 4.79 Å². The second-order valence-electron chi connectivity index (χ2n) is 9.75. The molecule has 4 aliphatic carbocycles. The molecule has 5 aliphatic rings. The summed E-state index contributed by atoms with van der Waals surface area (Å²) in [6, 6.07) is 0. The molecule has 1 saturated heterocycles. The zero-order valence-electron chi connectivity index (χ0n) is 14.2. The average Bonchev–Trinajstić information content (AvgIpc) is 3.19. The minimum atomic E-state index is 0.0621. The highest BCUT2D eigenvalue weighted by Gasteiger charge is 2.62. The summed E-state index contributed by atoms with van der Waals surface area (Å²) in [5.41, 5.74) is 0.664. The fourth-order valence-corrected chi connectivity index (χ4v) is 8.47. The highest BCUT2D eigenvalue weighted by molar-refractivity contribution is 8.07. The first kappa shape index (κ1) is 14.4. The van der Waals surface area contributed by atoms with Gasteiger partial charge in [0.15, 0.2) is 0 Å². The van der Waals surface area contributed by atoms with Crippen molar-refractivity contribution in [2.45, 2.75) is 76.4 Å². The van der Waals surface area contributed by atoms with E-state index in [2.05, 4.69) is 25.6 Å². The lowest BCUT2D eigenvalue weighted by molar-refractivity contribution is -0.139. The van der Waals surface area contributed by atoms with Crippen LogP contribution in [0.1, 0.15) is 71.6 Å². The maximum Gasteiger partial charge on any atom is 0.139 e. The summed E-state index contributed by atoms with van der Waals surface area (Å²) in [7, 11) is 0. The zero-order chi connectivity index (χ0) is 15.2. The number of hydrogen-bond acceptors (Lipinski definition) is 2. The third-order valence-electron chi connectivity index (χ3n) is 9.06. The molecule has 0 aromatic rings. The van der Waals surface area contributed by atoms with Gasteiger partial charge in [-0.2, -0.15) is 11.8 Å². The van der Waals surface area contributed by atoms with E-state index in [4.69, 9.17) is 0 Å². The number of carbonyl (C=O) groups excluding carboxylic acids is 1. The van der Waals surface area contributed by atoms with E-state index < -0.39 is 0 Å². The molecule has 5 rings (SSSR count). The monoisotopic (exact) mass is 318 g/mol. The Labute approximate surface area is 139 Å². The molecule has 1 aliphatic heterocycles. The first-order valence-electron chi connectivity index (χ1n) is 9.64. The van der Waals surface area contributed by atoms with Gasteiger partial charge in [0.05, 0.1) is 0 Å². The van der Waals surface area contributed by atoms with Gasteiger partial charge >= 0.3 is 0 Å². The predicted molar refractivity (Wildman–Crippen MR) is 91.9 cm³/mol. The molecule has 0 N–H and O–H groups in total. The van der Waals surface area contributed by atoms with E-state index in [9.17, 15) is 4.79 Å². The lowest BCUT2D eigenvalue weighted by Crippen LogP contribution is -2.54. The van der Waals surface area contributed by atoms with Crippen LogP contribution in [0.2, 0.25) is 0 Å². The fourth-order valence-electron chi connectivity index (χ4n) is 7.44. The van der Waals surface area contributed by atoms with Crippen LogP contribution < -0.4 is 0 Å². The lowest BCUT2D eigenvalue weighted by Gasteiger charge is -2.60. The standard InChI is InChI=1S/C20H30OS/c1-18-9-10-20(12-22-20)11-13(18)3-4-14-15-5-6-17(21)19(15,2)8-7-16(14)18/h13-16H,3-12H2,1-2H3/t13-,14+,15+,16-,18-,19-,20-/m0/s1. The van der Waals surface area contributed by atoms with Crippen molar-refractivity contribution >= 4 is 17.5 Å². The van der Waals surface area contributed by atoms with Gasteiger partial charge in [0.2, 0.25) is 0 Å². The second kappa shape index (κ2) is 4.35. The quantitative estimate of drug-likeness (QED) is 0.579. The minimum absolute atomic E-state index is 0.0621. The van der Waals surface area contributed by atoms with Crippen molar-refractivity contribution in [3.63, 3.8) is 0 Å². The molecule has 0 aromatic carbocycles. The average molecular weight is 319 g/mol. The number of ketones is 1. The van der Waals surface area contributed by atoms with Crippen LogP contribution in [0.25, 0.3) is 0 Å². The predicted octanol–water partition coefficient (Wildman–Crippen LogP) is 5.08. The molecule has 2 heteroatoms. The van der Waals surface area contributed by atoms with E-state index >= 15 is 0 Å². The van der Waals surface area contributed by atoms with Crippen LogP contribution >= 0.6 is 11.8 Å². The van der Waals surface area contributed by atoms with Crippen molar-refractivity contribution in [2.75, 3.05) is 5.75 Å². The topological polar surface area (TPSA) is 17.1 Å². The minimum Gasteiger partial charge on any atom is -0.299 e. The van der Waals surface area contributed by atoms with E-state index in [1.165, 1.54) is 57.1 Å². The van der Waals surface area contributed by atoms with Gasteiger partial charge in [-0.15, -0.1) is 0 Å². The number of thioether (sulfide) groups is 1. The van der Waals surface area contributed by atoms with Gasteiger partial charge in [0, 0.05) is 22.3 Å². The van der Waals surface area contributed by atoms with Gasteiger partial charge in [-0.1, -0.05) is 13.8 Å². The SMILES string of the molecule is C[C@]12CC[C@@]3(CS3)C[C@@H]1CC[C@@H]1[C@H]3CCC(=O)[C@@]3(C)CC[C@@H]12. The van der Waals surface area contributed by atoms with E-state index in [1.54, 1.807) is 0 Å². The summed E-state index contributed by atoms with van der Waals surface area (Å²) in [6.45, 7) is 4.96. The molecule has 5 fully saturated rings. The second-order valence-corrected chi connectivity index (χ2v) is 11.2. The fraction of sp³-hybridized carbons (Fsp3) is 0.950. The summed E-state index contributed by atoms with van der Waals surface area (Å²) in [4.78, 5) is 12.5. The Hall–Kier alpha value is 0.0200. The molecule has 0 unspecified atom stereocenters. The van der Waals surface area contributed by atoms with Gasteiger partial charge in [0.1, 0.15) is 5.78 Å². The smallest absolute Gasteiger partial charge is 0.139 e. The Bertz CT molecular complexity index is 524. The molecule has 4 saturated carbocycles. The molecule has 0 radical (unpaired) electrons. The van der Waals surface area contributed by atoms with Crippen molar-refractivity contribution in [3.8, 4) is 0 Å². The Morgan fingerprint density at radius 3 is 2.59 bits per heavy atom. The molecule has 1 spiro atoms. The summed E-state index contributed by atoms with van der Waals surface area (Å²) < 4.78 is 0.726. The van der Waals surface area contributed by atoms with Crippen LogP contribution in [0, 0.1) is 34.5 Å². The third-order valence-corrected chi connectivity index (χ3v) is 10.5. The van der Waals surface area contributed by atoms with Crippen LogP contribution in [-0.4, -0.2) is 16.3 Å². The molecule has 1 nitrogen and oxygen atoms in total. The van der Waals surface area contributed by atoms with E-state index in [1.807, 2.05) is 0 Å². The Balaban J connectivity index is 1.45. The maximum absolute atomic E-state index is 12.5. The van der Waals surface area contributed by atoms with Crippen molar-refractivity contribution in [1.82, 2.24) is 0 Å². The van der Waals surface area contributed by atoms with Crippen molar-refractivity contribution < 1.29 is 4.79 Å². The molecule has 0 amide bonds. The van der Waals surface area contributed by atoms with Crippen LogP contribution in [0.5, 0.6) is 0 Å². The number of Topliss-reactive ketones (excluding diaryl/α,β-unsaturated/α-hetero) is 1. The molecule has 1 heterocycles. The molecule has 0 bridgehead atoms.